The van der Waals surface area contributed by atoms with Crippen LogP contribution in [0, 0.1) is 11.8 Å². The van der Waals surface area contributed by atoms with Gasteiger partial charge in [0.1, 0.15) is 5.76 Å². The lowest BCUT2D eigenvalue weighted by Gasteiger charge is -2.34. The number of carbonyl (C=O) groups is 1. The Morgan fingerprint density at radius 1 is 1.27 bits per heavy atom. The van der Waals surface area contributed by atoms with Gasteiger partial charge >= 0.3 is 0 Å². The number of likely N-dealkylation sites (tertiary alicyclic amines) is 1. The molecule has 0 bridgehead atoms. The van der Waals surface area contributed by atoms with Gasteiger partial charge in [-0.15, -0.1) is 0 Å². The van der Waals surface area contributed by atoms with Crippen molar-refractivity contribution >= 4 is 17.7 Å². The molecule has 2 aliphatic rings. The molecule has 1 aromatic heterocycles. The molecule has 1 atom stereocenters. The first-order chi connectivity index (χ1) is 10.8. The first kappa shape index (κ1) is 15.7. The molecule has 1 aromatic rings. The monoisotopic (exact) mass is 319 g/mol. The molecule has 1 fully saturated rings. The van der Waals surface area contributed by atoms with Crippen molar-refractivity contribution in [1.29, 1.82) is 0 Å². The zero-order chi connectivity index (χ0) is 15.2. The van der Waals surface area contributed by atoms with Crippen LogP contribution >= 0.6 is 11.8 Å². The molecule has 3 nitrogen and oxygen atoms in total. The molecular weight excluding hydrogens is 294 g/mol. The molecule has 0 spiro atoms. The molecule has 22 heavy (non-hydrogen) atoms. The van der Waals surface area contributed by atoms with Crippen LogP contribution in [0.4, 0.5) is 0 Å². The number of hydrogen-bond donors (Lipinski definition) is 0. The van der Waals surface area contributed by atoms with Crippen molar-refractivity contribution in [2.45, 2.75) is 37.9 Å². The zero-order valence-corrected chi connectivity index (χ0v) is 13.9. The van der Waals surface area contributed by atoms with E-state index in [-0.39, 0.29) is 5.92 Å². The third-order valence-electron chi connectivity index (χ3n) is 4.72. The molecule has 2 heterocycles. The lowest BCUT2D eigenvalue weighted by atomic mass is 9.91. The van der Waals surface area contributed by atoms with Gasteiger partial charge in [0.25, 0.3) is 0 Å². The molecule has 0 aromatic carbocycles. The summed E-state index contributed by atoms with van der Waals surface area (Å²) in [5.41, 5.74) is 0. The average molecular weight is 319 g/mol. The van der Waals surface area contributed by atoms with Crippen molar-refractivity contribution in [1.82, 2.24) is 4.90 Å². The third-order valence-corrected chi connectivity index (χ3v) is 5.92. The Balaban J connectivity index is 1.36. The molecule has 0 saturated carbocycles. The number of amides is 1. The van der Waals surface area contributed by atoms with Gasteiger partial charge < -0.3 is 9.32 Å². The van der Waals surface area contributed by atoms with E-state index in [2.05, 4.69) is 17.1 Å². The van der Waals surface area contributed by atoms with Crippen LogP contribution in [0.15, 0.2) is 35.0 Å². The van der Waals surface area contributed by atoms with Crippen LogP contribution in [0.25, 0.3) is 0 Å². The molecule has 1 unspecified atom stereocenters. The van der Waals surface area contributed by atoms with Crippen LogP contribution < -0.4 is 0 Å². The topological polar surface area (TPSA) is 33.5 Å². The van der Waals surface area contributed by atoms with E-state index < -0.39 is 0 Å². The molecule has 1 amide bonds. The third kappa shape index (κ3) is 4.19. The number of allylic oxidation sites excluding steroid dienone is 2. The number of furan rings is 1. The van der Waals surface area contributed by atoms with Crippen molar-refractivity contribution in [3.63, 3.8) is 0 Å². The SMILES string of the molecule is O=C(C1CC=CCC1)N1CCC(CSCc2ccco2)CC1. The summed E-state index contributed by atoms with van der Waals surface area (Å²) in [6.45, 7) is 1.90. The summed E-state index contributed by atoms with van der Waals surface area (Å²) >= 11 is 1.95. The summed E-state index contributed by atoms with van der Waals surface area (Å²) in [5.74, 6) is 4.58. The van der Waals surface area contributed by atoms with E-state index >= 15 is 0 Å². The number of thioether (sulfide) groups is 1. The Labute approximate surface area is 137 Å². The highest BCUT2D eigenvalue weighted by Gasteiger charge is 2.28. The maximum absolute atomic E-state index is 12.5. The largest absolute Gasteiger partial charge is 0.468 e. The smallest absolute Gasteiger partial charge is 0.226 e. The van der Waals surface area contributed by atoms with Crippen molar-refractivity contribution in [2.75, 3.05) is 18.8 Å². The number of rotatable bonds is 5. The Hall–Kier alpha value is -1.16. The fourth-order valence-corrected chi connectivity index (χ4v) is 4.47. The highest BCUT2D eigenvalue weighted by atomic mass is 32.2. The van der Waals surface area contributed by atoms with Crippen molar-refractivity contribution in [3.8, 4) is 0 Å². The molecule has 1 saturated heterocycles. The first-order valence-electron chi connectivity index (χ1n) is 8.37. The van der Waals surface area contributed by atoms with E-state index in [1.165, 1.54) is 5.75 Å². The van der Waals surface area contributed by atoms with Crippen LogP contribution in [-0.4, -0.2) is 29.6 Å². The maximum atomic E-state index is 12.5. The molecule has 0 radical (unpaired) electrons. The number of hydrogen-bond acceptors (Lipinski definition) is 3. The van der Waals surface area contributed by atoms with E-state index in [0.717, 1.165) is 62.6 Å². The zero-order valence-electron chi connectivity index (χ0n) is 13.1. The summed E-state index contributed by atoms with van der Waals surface area (Å²) in [7, 11) is 0. The van der Waals surface area contributed by atoms with Gasteiger partial charge in [-0.3, -0.25) is 4.79 Å². The Morgan fingerprint density at radius 3 is 2.82 bits per heavy atom. The molecular formula is C18H25NO2S. The fraction of sp³-hybridized carbons (Fsp3) is 0.611. The number of nitrogens with zero attached hydrogens (tertiary/aromatic N) is 1. The van der Waals surface area contributed by atoms with Crippen molar-refractivity contribution < 1.29 is 9.21 Å². The van der Waals surface area contributed by atoms with E-state index in [4.69, 9.17) is 4.42 Å². The second-order valence-corrected chi connectivity index (χ2v) is 7.37. The highest BCUT2D eigenvalue weighted by molar-refractivity contribution is 7.98. The normalized spacial score (nSPS) is 22.9. The van der Waals surface area contributed by atoms with E-state index in [1.807, 2.05) is 23.9 Å². The molecule has 3 rings (SSSR count). The minimum atomic E-state index is 0.245. The second-order valence-electron chi connectivity index (χ2n) is 6.34. The number of piperidine rings is 1. The van der Waals surface area contributed by atoms with Crippen LogP contribution in [-0.2, 0) is 10.5 Å². The van der Waals surface area contributed by atoms with Gasteiger partial charge in [0.15, 0.2) is 0 Å². The van der Waals surface area contributed by atoms with Gasteiger partial charge in [0.05, 0.1) is 12.0 Å². The summed E-state index contributed by atoms with van der Waals surface area (Å²) in [6.07, 6.45) is 11.5. The molecule has 0 N–H and O–H groups in total. The molecule has 4 heteroatoms. The van der Waals surface area contributed by atoms with Crippen molar-refractivity contribution in [3.05, 3.63) is 36.3 Å². The Morgan fingerprint density at radius 2 is 2.14 bits per heavy atom. The summed E-state index contributed by atoms with van der Waals surface area (Å²) in [5, 5.41) is 0. The predicted molar refractivity (Wildman–Crippen MR) is 90.7 cm³/mol. The van der Waals surface area contributed by atoms with Gasteiger partial charge in [-0.1, -0.05) is 12.2 Å². The van der Waals surface area contributed by atoms with Gasteiger partial charge in [-0.2, -0.15) is 11.8 Å². The van der Waals surface area contributed by atoms with Crippen LogP contribution in [0.3, 0.4) is 0 Å². The molecule has 1 aliphatic heterocycles. The van der Waals surface area contributed by atoms with Gasteiger partial charge in [-0.25, -0.2) is 0 Å². The molecule has 120 valence electrons. The maximum Gasteiger partial charge on any atom is 0.226 e. The Bertz CT molecular complexity index is 489. The van der Waals surface area contributed by atoms with Gasteiger partial charge in [0.2, 0.25) is 5.91 Å². The predicted octanol–water partition coefficient (Wildman–Crippen LogP) is 4.11. The lowest BCUT2D eigenvalue weighted by molar-refractivity contribution is -0.137. The summed E-state index contributed by atoms with van der Waals surface area (Å²) in [4.78, 5) is 14.6. The van der Waals surface area contributed by atoms with Crippen LogP contribution in [0.2, 0.25) is 0 Å². The standard InChI is InChI=1S/C18H25NO2S/c20-18(16-5-2-1-3-6-16)19-10-8-15(9-11-19)13-22-14-17-7-4-12-21-17/h1-2,4,7,12,15-16H,3,5-6,8-11,13-14H2. The van der Waals surface area contributed by atoms with Crippen LogP contribution in [0.5, 0.6) is 0 Å². The average Bonchev–Trinajstić information content (AvgIpc) is 3.09. The van der Waals surface area contributed by atoms with Crippen molar-refractivity contribution in [2.24, 2.45) is 11.8 Å². The molecule has 1 aliphatic carbocycles. The quantitative estimate of drug-likeness (QED) is 0.766. The highest BCUT2D eigenvalue weighted by Crippen LogP contribution is 2.27. The van der Waals surface area contributed by atoms with Gasteiger partial charge in [0, 0.05) is 19.0 Å². The van der Waals surface area contributed by atoms with E-state index in [9.17, 15) is 4.79 Å². The first-order valence-corrected chi connectivity index (χ1v) is 9.52. The van der Waals surface area contributed by atoms with Crippen LogP contribution in [0.1, 0.15) is 37.9 Å². The number of carbonyl (C=O) groups excluding carboxylic acids is 1. The fourth-order valence-electron chi connectivity index (χ4n) is 3.32. The second kappa shape index (κ2) is 7.91. The van der Waals surface area contributed by atoms with E-state index in [0.29, 0.717) is 5.91 Å². The summed E-state index contributed by atoms with van der Waals surface area (Å²) < 4.78 is 5.36. The summed E-state index contributed by atoms with van der Waals surface area (Å²) in [6, 6.07) is 3.98. The van der Waals surface area contributed by atoms with E-state index in [1.54, 1.807) is 6.26 Å². The van der Waals surface area contributed by atoms with Gasteiger partial charge in [-0.05, 0) is 55.9 Å². The Kier molecular flexibility index (Phi) is 5.65. The lowest BCUT2D eigenvalue weighted by Crippen LogP contribution is -2.42. The minimum absolute atomic E-state index is 0.245. The minimum Gasteiger partial charge on any atom is -0.468 e.